The number of hydrogen-bond donors (Lipinski definition) is 0. The lowest BCUT2D eigenvalue weighted by atomic mass is 9.96. The lowest BCUT2D eigenvalue weighted by Gasteiger charge is -2.28. The van der Waals surface area contributed by atoms with Gasteiger partial charge in [-0.3, -0.25) is 0 Å². The maximum absolute atomic E-state index is 2.43. The predicted molar refractivity (Wildman–Crippen MR) is 266 cm³/mol. The minimum absolute atomic E-state index is 0.846. The van der Waals surface area contributed by atoms with Crippen molar-refractivity contribution in [1.29, 1.82) is 0 Å². The molecule has 0 atom stereocenters. The number of hydrogen-bond acceptors (Lipinski definition) is 1. The highest BCUT2D eigenvalue weighted by molar-refractivity contribution is 5.84. The Kier molecular flexibility index (Phi) is 14.4. The van der Waals surface area contributed by atoms with Crippen LogP contribution in [0.2, 0.25) is 0 Å². The summed E-state index contributed by atoms with van der Waals surface area (Å²) in [5.41, 5.74) is 17.0. The summed E-state index contributed by atoms with van der Waals surface area (Å²) < 4.78 is 0. The molecule has 0 saturated heterocycles. The van der Waals surface area contributed by atoms with E-state index >= 15 is 0 Å². The van der Waals surface area contributed by atoms with Gasteiger partial charge in [0.05, 0.1) is 0 Å². The molecule has 6 aromatic carbocycles. The number of allylic oxidation sites excluding steroid dienone is 9. The van der Waals surface area contributed by atoms with Crippen LogP contribution >= 0.6 is 0 Å². The molecule has 0 saturated carbocycles. The van der Waals surface area contributed by atoms with Crippen molar-refractivity contribution in [2.75, 3.05) is 4.90 Å². The van der Waals surface area contributed by atoms with Gasteiger partial charge in [0.2, 0.25) is 0 Å². The van der Waals surface area contributed by atoms with Crippen molar-refractivity contribution >= 4 is 46.4 Å². The molecule has 0 unspecified atom stereocenters. The highest BCUT2D eigenvalue weighted by Gasteiger charge is 2.17. The van der Waals surface area contributed by atoms with Crippen molar-refractivity contribution in [2.45, 2.75) is 53.9 Å². The molecule has 1 aliphatic carbocycles. The number of rotatable bonds is 11. The van der Waals surface area contributed by atoms with Crippen LogP contribution in [-0.4, -0.2) is 0 Å². The van der Waals surface area contributed by atoms with Crippen LogP contribution in [-0.2, 0) is 6.42 Å². The van der Waals surface area contributed by atoms with Crippen molar-refractivity contribution in [2.24, 2.45) is 0 Å². The Bertz CT molecular complexity index is 2810. The van der Waals surface area contributed by atoms with Crippen molar-refractivity contribution in [3.05, 3.63) is 261 Å². The smallest absolute Gasteiger partial charge is 0.0491 e. The fourth-order valence-corrected chi connectivity index (χ4v) is 7.74. The largest absolute Gasteiger partial charge is 0.310 e. The number of fused-ring (bicyclic) bond motifs is 1. The summed E-state index contributed by atoms with van der Waals surface area (Å²) in [7, 11) is 0. The van der Waals surface area contributed by atoms with Crippen LogP contribution in [0.15, 0.2) is 211 Å². The van der Waals surface area contributed by atoms with E-state index in [9.17, 15) is 0 Å². The van der Waals surface area contributed by atoms with Crippen LogP contribution in [0.4, 0.5) is 17.1 Å². The third-order valence-electron chi connectivity index (χ3n) is 11.4. The SMILES string of the molecule is C/C=C(C)/C(C)=C/C(=C\C=C\c1ccccc1)c1ccc(N(c2ccc(Cc3cccccc(C)ccc3)cc2)c2cccc(/C3=C/C=c4/cccc/c4=C/CC3)c2)c(C)c1. The van der Waals surface area contributed by atoms with E-state index in [1.54, 1.807) is 0 Å². The van der Waals surface area contributed by atoms with Gasteiger partial charge in [0.25, 0.3) is 0 Å². The Labute approximate surface area is 364 Å². The summed E-state index contributed by atoms with van der Waals surface area (Å²) in [6.07, 6.45) is 20.8. The third kappa shape index (κ3) is 11.4. The second-order valence-corrected chi connectivity index (χ2v) is 15.9. The van der Waals surface area contributed by atoms with Gasteiger partial charge in [-0.2, -0.15) is 0 Å². The first-order valence-electron chi connectivity index (χ1n) is 21.5. The van der Waals surface area contributed by atoms with E-state index in [0.717, 1.165) is 36.3 Å². The Hall–Kier alpha value is -6.96. The standard InChI is InChI=1S/C60H57N/c1-6-46(3)47(4)41-55(30-16-24-49-21-10-8-11-22-49)57-37-40-60(48(5)42-57)61(58-38-33-51(34-39-58)43-50-23-12-7-9-19-45(2)20-15-25-50)59-32-18-31-56(44-59)54-29-17-28-52-26-13-14-27-53(52)35-36-54/h6-16,18-28,30-42,44H,17,29,43H2,1-5H3/b9-7?,12-7?,19-9?,20-15?,23-12?,24-16+,25-15?,45-19?,45-20?,46-6+,47-41+,50-23?,50-25?,52-28-,53-35-,54-36+,55-30+. The van der Waals surface area contributed by atoms with Crippen LogP contribution in [0.5, 0.6) is 0 Å². The maximum Gasteiger partial charge on any atom is 0.0491 e. The fraction of sp³-hybridized carbons (Fsp3) is 0.133. The lowest BCUT2D eigenvalue weighted by molar-refractivity contribution is 1.11. The molecule has 0 heterocycles. The topological polar surface area (TPSA) is 3.24 Å². The lowest BCUT2D eigenvalue weighted by Crippen LogP contribution is -2.23. The molecule has 0 N–H and O–H groups in total. The molecule has 1 heteroatoms. The highest BCUT2D eigenvalue weighted by Crippen LogP contribution is 2.39. The molecule has 7 rings (SSSR count). The average Bonchev–Trinajstić information content (AvgIpc) is 3.27. The summed E-state index contributed by atoms with van der Waals surface area (Å²) in [6.45, 7) is 10.8. The van der Waals surface area contributed by atoms with E-state index in [2.05, 4.69) is 258 Å². The average molecular weight is 792 g/mol. The Morgan fingerprint density at radius 1 is 0.607 bits per heavy atom. The zero-order valence-electron chi connectivity index (χ0n) is 36.4. The zero-order valence-corrected chi connectivity index (χ0v) is 36.4. The summed E-state index contributed by atoms with van der Waals surface area (Å²) in [5, 5.41) is 2.57. The van der Waals surface area contributed by atoms with E-state index in [-0.39, 0.29) is 0 Å². The van der Waals surface area contributed by atoms with Crippen LogP contribution < -0.4 is 15.3 Å². The number of benzene rings is 5. The predicted octanol–water partition coefficient (Wildman–Crippen LogP) is 14.9. The molecule has 0 radical (unpaired) electrons. The Morgan fingerprint density at radius 2 is 1.30 bits per heavy atom. The van der Waals surface area contributed by atoms with Crippen molar-refractivity contribution in [1.82, 2.24) is 0 Å². The van der Waals surface area contributed by atoms with Gasteiger partial charge in [-0.05, 0) is 151 Å². The molecule has 0 aromatic heterocycles. The summed E-state index contributed by atoms with van der Waals surface area (Å²) in [6, 6.07) is 61.5. The summed E-state index contributed by atoms with van der Waals surface area (Å²) >= 11 is 0. The number of nitrogens with zero attached hydrogens (tertiary/aromatic N) is 1. The second-order valence-electron chi connectivity index (χ2n) is 15.9. The van der Waals surface area contributed by atoms with Gasteiger partial charge in [-0.1, -0.05) is 193 Å². The molecule has 1 aliphatic rings. The van der Waals surface area contributed by atoms with Gasteiger partial charge in [0.15, 0.2) is 0 Å². The van der Waals surface area contributed by atoms with Gasteiger partial charge < -0.3 is 4.90 Å². The van der Waals surface area contributed by atoms with E-state index in [0.29, 0.717) is 0 Å². The van der Waals surface area contributed by atoms with Crippen LogP contribution in [0.3, 0.4) is 0 Å². The van der Waals surface area contributed by atoms with Gasteiger partial charge in [-0.25, -0.2) is 0 Å². The Morgan fingerprint density at radius 3 is 2.08 bits per heavy atom. The molecule has 0 bridgehead atoms. The molecule has 0 spiro atoms. The van der Waals surface area contributed by atoms with Crippen LogP contribution in [0, 0.1) is 13.8 Å². The summed E-state index contributed by atoms with van der Waals surface area (Å²) in [4.78, 5) is 2.43. The minimum Gasteiger partial charge on any atom is -0.310 e. The summed E-state index contributed by atoms with van der Waals surface area (Å²) in [5.74, 6) is 0. The maximum atomic E-state index is 2.43. The molecule has 61 heavy (non-hydrogen) atoms. The first kappa shape index (κ1) is 42.2. The van der Waals surface area contributed by atoms with Crippen LogP contribution in [0.1, 0.15) is 72.6 Å². The van der Waals surface area contributed by atoms with Crippen molar-refractivity contribution < 1.29 is 0 Å². The monoisotopic (exact) mass is 791 g/mol. The molecule has 0 amide bonds. The minimum atomic E-state index is 0.846. The number of anilines is 3. The molecule has 0 aliphatic heterocycles. The van der Waals surface area contributed by atoms with Crippen LogP contribution in [0.25, 0.3) is 29.4 Å². The molecule has 1 nitrogen and oxygen atoms in total. The van der Waals surface area contributed by atoms with Crippen molar-refractivity contribution in [3.8, 4) is 0 Å². The van der Waals surface area contributed by atoms with E-state index in [1.165, 1.54) is 71.7 Å². The number of aryl methyl sites for hydroxylation is 2. The molecule has 302 valence electrons. The molecular formula is C60H57N. The van der Waals surface area contributed by atoms with Gasteiger partial charge >= 0.3 is 0 Å². The second kappa shape index (κ2) is 20.8. The normalized spacial score (nSPS) is 15.2. The first-order valence-corrected chi connectivity index (χ1v) is 21.5. The van der Waals surface area contributed by atoms with Gasteiger partial charge in [0.1, 0.15) is 0 Å². The molecule has 0 fully saturated rings. The highest BCUT2D eigenvalue weighted by atomic mass is 15.1. The molecule has 6 aromatic rings. The third-order valence-corrected chi connectivity index (χ3v) is 11.4. The quantitative estimate of drug-likeness (QED) is 0.118. The van der Waals surface area contributed by atoms with E-state index in [1.807, 2.05) is 0 Å². The van der Waals surface area contributed by atoms with E-state index in [4.69, 9.17) is 0 Å². The van der Waals surface area contributed by atoms with Gasteiger partial charge in [0, 0.05) is 17.1 Å². The van der Waals surface area contributed by atoms with Crippen molar-refractivity contribution in [3.63, 3.8) is 0 Å². The van der Waals surface area contributed by atoms with Gasteiger partial charge in [-0.15, -0.1) is 0 Å². The fourth-order valence-electron chi connectivity index (χ4n) is 7.74. The Balaban J connectivity index is 1.30. The first-order chi connectivity index (χ1) is 29.8. The van der Waals surface area contributed by atoms with E-state index < -0.39 is 0 Å². The zero-order chi connectivity index (χ0) is 42.4. The molecular weight excluding hydrogens is 735 g/mol.